The molecular formula is C10H15NO3S. The summed E-state index contributed by atoms with van der Waals surface area (Å²) in [5.74, 6) is -0.382. The summed E-state index contributed by atoms with van der Waals surface area (Å²) in [6, 6.07) is 0. The standard InChI is InChI=1S/C10H15NO3S/c1-3-4-5-6-15-10-7(2)11-8(14-10)9(12)13/h3-6H2,1-2H3,(H,12,13). The topological polar surface area (TPSA) is 63.3 Å². The van der Waals surface area contributed by atoms with Crippen molar-refractivity contribution in [3.8, 4) is 0 Å². The second-order valence-corrected chi connectivity index (χ2v) is 4.32. The smallest absolute Gasteiger partial charge is 0.392 e. The average molecular weight is 229 g/mol. The molecule has 1 rings (SSSR count). The highest BCUT2D eigenvalue weighted by Crippen LogP contribution is 2.24. The van der Waals surface area contributed by atoms with Crippen LogP contribution in [0.4, 0.5) is 0 Å². The number of oxazole rings is 1. The average Bonchev–Trinajstić information content (AvgIpc) is 2.55. The lowest BCUT2D eigenvalue weighted by molar-refractivity contribution is 0.0648. The highest BCUT2D eigenvalue weighted by molar-refractivity contribution is 7.99. The summed E-state index contributed by atoms with van der Waals surface area (Å²) in [6.07, 6.45) is 3.48. The molecule has 15 heavy (non-hydrogen) atoms. The molecule has 0 amide bonds. The fourth-order valence-electron chi connectivity index (χ4n) is 1.12. The summed E-state index contributed by atoms with van der Waals surface area (Å²) in [6.45, 7) is 3.91. The van der Waals surface area contributed by atoms with E-state index in [1.807, 2.05) is 0 Å². The Balaban J connectivity index is 2.50. The Bertz CT molecular complexity index is 335. The van der Waals surface area contributed by atoms with Crippen LogP contribution in [0.5, 0.6) is 0 Å². The second kappa shape index (κ2) is 5.80. The van der Waals surface area contributed by atoms with Crippen molar-refractivity contribution in [2.45, 2.75) is 38.2 Å². The Hall–Kier alpha value is -0.970. The second-order valence-electron chi connectivity index (χ2n) is 3.25. The van der Waals surface area contributed by atoms with Gasteiger partial charge in [-0.25, -0.2) is 9.78 Å². The van der Waals surface area contributed by atoms with Gasteiger partial charge in [0, 0.05) is 5.75 Å². The van der Waals surface area contributed by atoms with Gasteiger partial charge in [-0.2, -0.15) is 0 Å². The molecule has 1 heterocycles. The third-order valence-electron chi connectivity index (χ3n) is 1.92. The van der Waals surface area contributed by atoms with Crippen molar-refractivity contribution >= 4 is 17.7 Å². The van der Waals surface area contributed by atoms with Gasteiger partial charge in [0.05, 0.1) is 5.69 Å². The first-order chi connectivity index (χ1) is 7.15. The third kappa shape index (κ3) is 3.58. The zero-order valence-electron chi connectivity index (χ0n) is 8.95. The van der Waals surface area contributed by atoms with Crippen molar-refractivity contribution in [3.05, 3.63) is 11.6 Å². The molecule has 1 aromatic rings. The van der Waals surface area contributed by atoms with Crippen LogP contribution in [-0.4, -0.2) is 21.8 Å². The van der Waals surface area contributed by atoms with E-state index in [-0.39, 0.29) is 5.89 Å². The number of hydrogen-bond donors (Lipinski definition) is 1. The van der Waals surface area contributed by atoms with Crippen LogP contribution < -0.4 is 0 Å². The monoisotopic (exact) mass is 229 g/mol. The van der Waals surface area contributed by atoms with E-state index in [1.54, 1.807) is 6.92 Å². The molecule has 0 saturated carbocycles. The van der Waals surface area contributed by atoms with Crippen LogP contribution in [0.1, 0.15) is 42.6 Å². The molecule has 0 atom stereocenters. The number of thioether (sulfide) groups is 1. The minimum atomic E-state index is -1.11. The number of carbonyl (C=O) groups is 1. The number of aryl methyl sites for hydroxylation is 1. The summed E-state index contributed by atoms with van der Waals surface area (Å²) in [7, 11) is 0. The third-order valence-corrected chi connectivity index (χ3v) is 3.05. The van der Waals surface area contributed by atoms with Crippen LogP contribution in [-0.2, 0) is 0 Å². The molecule has 0 aromatic carbocycles. The lowest BCUT2D eigenvalue weighted by atomic mass is 10.3. The highest BCUT2D eigenvalue weighted by atomic mass is 32.2. The normalized spacial score (nSPS) is 10.5. The van der Waals surface area contributed by atoms with Crippen LogP contribution in [0.25, 0.3) is 0 Å². The Morgan fingerprint density at radius 2 is 2.27 bits per heavy atom. The molecule has 0 unspecified atom stereocenters. The largest absolute Gasteiger partial charge is 0.474 e. The Morgan fingerprint density at radius 1 is 1.53 bits per heavy atom. The zero-order valence-corrected chi connectivity index (χ0v) is 9.76. The molecule has 0 spiro atoms. The molecule has 0 aliphatic rings. The maximum atomic E-state index is 10.6. The van der Waals surface area contributed by atoms with Crippen LogP contribution in [0, 0.1) is 6.92 Å². The van der Waals surface area contributed by atoms with E-state index in [2.05, 4.69) is 11.9 Å². The molecule has 0 saturated heterocycles. The number of aromatic carboxylic acids is 1. The van der Waals surface area contributed by atoms with Gasteiger partial charge in [-0.05, 0) is 13.3 Å². The molecular weight excluding hydrogens is 214 g/mol. The Morgan fingerprint density at radius 3 is 2.80 bits per heavy atom. The number of carboxylic acid groups (broad SMARTS) is 1. The van der Waals surface area contributed by atoms with Gasteiger partial charge in [0.25, 0.3) is 0 Å². The van der Waals surface area contributed by atoms with Crippen molar-refractivity contribution in [3.63, 3.8) is 0 Å². The molecule has 5 heteroatoms. The van der Waals surface area contributed by atoms with Gasteiger partial charge >= 0.3 is 11.9 Å². The van der Waals surface area contributed by atoms with Gasteiger partial charge in [0.1, 0.15) is 0 Å². The number of rotatable bonds is 6. The summed E-state index contributed by atoms with van der Waals surface area (Å²) in [5, 5.41) is 9.29. The van der Waals surface area contributed by atoms with Crippen molar-refractivity contribution in [2.24, 2.45) is 0 Å². The number of unbranched alkanes of at least 4 members (excludes halogenated alkanes) is 2. The molecule has 0 aliphatic heterocycles. The fraction of sp³-hybridized carbons (Fsp3) is 0.600. The van der Waals surface area contributed by atoms with Crippen molar-refractivity contribution < 1.29 is 14.3 Å². The predicted molar refractivity (Wildman–Crippen MR) is 58.4 cm³/mol. The number of nitrogens with zero attached hydrogens (tertiary/aromatic N) is 1. The first-order valence-corrected chi connectivity index (χ1v) is 5.97. The molecule has 1 aromatic heterocycles. The van der Waals surface area contributed by atoms with Crippen LogP contribution >= 0.6 is 11.8 Å². The highest BCUT2D eigenvalue weighted by Gasteiger charge is 2.15. The van der Waals surface area contributed by atoms with Gasteiger partial charge < -0.3 is 9.52 Å². The lowest BCUT2D eigenvalue weighted by Gasteiger charge is -1.96. The quantitative estimate of drug-likeness (QED) is 0.600. The predicted octanol–water partition coefficient (Wildman–Crippen LogP) is 2.96. The van der Waals surface area contributed by atoms with Gasteiger partial charge in [0.15, 0.2) is 5.09 Å². The summed E-state index contributed by atoms with van der Waals surface area (Å²) in [4.78, 5) is 14.4. The fourth-order valence-corrected chi connectivity index (χ4v) is 2.05. The van der Waals surface area contributed by atoms with Crippen molar-refractivity contribution in [2.75, 3.05) is 5.75 Å². The van der Waals surface area contributed by atoms with E-state index in [4.69, 9.17) is 9.52 Å². The lowest BCUT2D eigenvalue weighted by Crippen LogP contribution is -1.95. The molecule has 0 fully saturated rings. The summed E-state index contributed by atoms with van der Waals surface area (Å²) < 4.78 is 5.11. The van der Waals surface area contributed by atoms with Crippen LogP contribution in [0.3, 0.4) is 0 Å². The SMILES string of the molecule is CCCCCSc1oc(C(=O)O)nc1C. The Labute approximate surface area is 93.1 Å². The summed E-state index contributed by atoms with van der Waals surface area (Å²) >= 11 is 1.53. The summed E-state index contributed by atoms with van der Waals surface area (Å²) in [5.41, 5.74) is 0.661. The molecule has 0 bridgehead atoms. The number of aromatic nitrogens is 1. The van der Waals surface area contributed by atoms with E-state index in [0.717, 1.165) is 12.2 Å². The maximum Gasteiger partial charge on any atom is 0.392 e. The van der Waals surface area contributed by atoms with Crippen LogP contribution in [0.2, 0.25) is 0 Å². The first-order valence-electron chi connectivity index (χ1n) is 4.98. The number of carboxylic acids is 1. The van der Waals surface area contributed by atoms with E-state index >= 15 is 0 Å². The molecule has 0 aliphatic carbocycles. The minimum Gasteiger partial charge on any atom is -0.474 e. The van der Waals surface area contributed by atoms with E-state index in [1.165, 1.54) is 24.6 Å². The first kappa shape index (κ1) is 12.1. The minimum absolute atomic E-state index is 0.217. The molecule has 4 nitrogen and oxygen atoms in total. The number of hydrogen-bond acceptors (Lipinski definition) is 4. The van der Waals surface area contributed by atoms with E-state index < -0.39 is 5.97 Å². The van der Waals surface area contributed by atoms with E-state index in [0.29, 0.717) is 10.8 Å². The molecule has 84 valence electrons. The van der Waals surface area contributed by atoms with Gasteiger partial charge in [-0.3, -0.25) is 0 Å². The van der Waals surface area contributed by atoms with Crippen molar-refractivity contribution in [1.82, 2.24) is 4.98 Å². The molecule has 0 radical (unpaired) electrons. The van der Waals surface area contributed by atoms with Crippen molar-refractivity contribution in [1.29, 1.82) is 0 Å². The van der Waals surface area contributed by atoms with Crippen LogP contribution in [0.15, 0.2) is 9.51 Å². The van der Waals surface area contributed by atoms with Gasteiger partial charge in [-0.15, -0.1) is 0 Å². The molecule has 1 N–H and O–H groups in total. The maximum absolute atomic E-state index is 10.6. The van der Waals surface area contributed by atoms with Gasteiger partial charge in [0.2, 0.25) is 0 Å². The van der Waals surface area contributed by atoms with Gasteiger partial charge in [-0.1, -0.05) is 31.5 Å². The Kier molecular flexibility index (Phi) is 4.68. The zero-order chi connectivity index (χ0) is 11.3. The van der Waals surface area contributed by atoms with E-state index in [9.17, 15) is 4.79 Å².